The molecular weight excluding hydrogens is 270 g/mol. The van der Waals surface area contributed by atoms with E-state index in [1.165, 1.54) is 23.8 Å². The second kappa shape index (κ2) is 7.70. The van der Waals surface area contributed by atoms with Crippen LogP contribution < -0.4 is 5.32 Å². The zero-order valence-electron chi connectivity index (χ0n) is 13.1. The van der Waals surface area contributed by atoms with Crippen molar-refractivity contribution in [2.75, 3.05) is 19.9 Å². The molecule has 0 spiro atoms. The van der Waals surface area contributed by atoms with E-state index in [4.69, 9.17) is 4.74 Å². The van der Waals surface area contributed by atoms with Crippen LogP contribution in [0.3, 0.4) is 0 Å². The number of carbonyl (C=O) groups excluding carboxylic acids is 1. The van der Waals surface area contributed by atoms with E-state index in [1.54, 1.807) is 7.05 Å². The molecule has 1 aromatic rings. The number of carbonyl (C=O) groups is 1. The Morgan fingerprint density at radius 2 is 1.90 bits per heavy atom. The van der Waals surface area contributed by atoms with Crippen LogP contribution in [0.15, 0.2) is 18.2 Å². The number of benzene rings is 1. The maximum atomic E-state index is 11.7. The molecule has 20 heavy (non-hydrogen) atoms. The second-order valence-corrected chi connectivity index (χ2v) is 6.48. The van der Waals surface area contributed by atoms with Crippen molar-refractivity contribution in [3.63, 3.8) is 0 Å². The summed E-state index contributed by atoms with van der Waals surface area (Å²) in [4.78, 5) is 11.7. The second-order valence-electron chi connectivity index (χ2n) is 5.37. The van der Waals surface area contributed by atoms with Crippen LogP contribution >= 0.6 is 11.8 Å². The summed E-state index contributed by atoms with van der Waals surface area (Å²) in [6, 6.07) is 6.62. The third kappa shape index (κ3) is 4.84. The standard InChI is InChI=1S/C16H25NO2S/c1-12-8-13(2)10-14(9-12)11-20-7-6-16(3,17-4)15(18)19-5/h8-10,17H,6-7,11H2,1-5H3. The lowest BCUT2D eigenvalue weighted by molar-refractivity contribution is -0.147. The van der Waals surface area contributed by atoms with Crippen LogP contribution in [0.25, 0.3) is 0 Å². The molecule has 1 unspecified atom stereocenters. The van der Waals surface area contributed by atoms with E-state index in [-0.39, 0.29) is 5.97 Å². The summed E-state index contributed by atoms with van der Waals surface area (Å²) in [7, 11) is 3.23. The summed E-state index contributed by atoms with van der Waals surface area (Å²) < 4.78 is 4.84. The molecule has 0 radical (unpaired) electrons. The average Bonchev–Trinajstić information content (AvgIpc) is 2.41. The van der Waals surface area contributed by atoms with Crippen LogP contribution in [0.4, 0.5) is 0 Å². The van der Waals surface area contributed by atoms with Crippen LogP contribution in [0, 0.1) is 13.8 Å². The highest BCUT2D eigenvalue weighted by Gasteiger charge is 2.31. The summed E-state index contributed by atoms with van der Waals surface area (Å²) >= 11 is 1.85. The quantitative estimate of drug-likeness (QED) is 0.620. The van der Waals surface area contributed by atoms with Crippen LogP contribution in [0.2, 0.25) is 0 Å². The number of methoxy groups -OCH3 is 1. The number of aryl methyl sites for hydroxylation is 2. The van der Waals surface area contributed by atoms with Crippen molar-refractivity contribution in [3.05, 3.63) is 34.9 Å². The highest BCUT2D eigenvalue weighted by molar-refractivity contribution is 7.98. The highest BCUT2D eigenvalue weighted by atomic mass is 32.2. The Bertz CT molecular complexity index is 442. The van der Waals surface area contributed by atoms with Gasteiger partial charge in [-0.3, -0.25) is 4.79 Å². The van der Waals surface area contributed by atoms with E-state index in [0.29, 0.717) is 0 Å². The summed E-state index contributed by atoms with van der Waals surface area (Å²) in [5, 5.41) is 3.06. The number of likely N-dealkylation sites (N-methyl/N-ethyl adjacent to an activating group) is 1. The van der Waals surface area contributed by atoms with Gasteiger partial charge in [-0.2, -0.15) is 11.8 Å². The largest absolute Gasteiger partial charge is 0.468 e. The molecule has 0 aliphatic heterocycles. The predicted molar refractivity (Wildman–Crippen MR) is 86.2 cm³/mol. The number of esters is 1. The van der Waals surface area contributed by atoms with Crippen LogP contribution in [0.1, 0.15) is 30.0 Å². The molecule has 1 N–H and O–H groups in total. The topological polar surface area (TPSA) is 38.3 Å². The average molecular weight is 295 g/mol. The van der Waals surface area contributed by atoms with Crippen molar-refractivity contribution in [2.24, 2.45) is 0 Å². The summed E-state index contributed by atoms with van der Waals surface area (Å²) in [5.74, 6) is 1.69. The van der Waals surface area contributed by atoms with Gasteiger partial charge in [0.15, 0.2) is 0 Å². The zero-order chi connectivity index (χ0) is 15.2. The van der Waals surface area contributed by atoms with Gasteiger partial charge in [0.1, 0.15) is 5.54 Å². The minimum absolute atomic E-state index is 0.202. The molecule has 0 bridgehead atoms. The molecule has 0 aromatic heterocycles. The van der Waals surface area contributed by atoms with Gasteiger partial charge in [0.2, 0.25) is 0 Å². The van der Waals surface area contributed by atoms with E-state index in [9.17, 15) is 4.79 Å². The Hall–Kier alpha value is -1.00. The van der Waals surface area contributed by atoms with E-state index in [0.717, 1.165) is 17.9 Å². The molecule has 1 atom stereocenters. The third-order valence-electron chi connectivity index (χ3n) is 3.48. The lowest BCUT2D eigenvalue weighted by atomic mass is 10.00. The number of nitrogens with one attached hydrogen (secondary N) is 1. The molecule has 0 aliphatic carbocycles. The fourth-order valence-corrected chi connectivity index (χ4v) is 3.27. The molecule has 4 heteroatoms. The van der Waals surface area contributed by atoms with Gasteiger partial charge in [-0.15, -0.1) is 0 Å². The molecular formula is C16H25NO2S. The van der Waals surface area contributed by atoms with Crippen LogP contribution in [-0.2, 0) is 15.3 Å². The summed E-state index contributed by atoms with van der Waals surface area (Å²) in [6.07, 6.45) is 0.756. The first-order valence-electron chi connectivity index (χ1n) is 6.83. The first-order chi connectivity index (χ1) is 9.41. The van der Waals surface area contributed by atoms with Crippen molar-refractivity contribution in [1.82, 2.24) is 5.32 Å². The Morgan fingerprint density at radius 1 is 1.30 bits per heavy atom. The third-order valence-corrected chi connectivity index (χ3v) is 4.51. The number of hydrogen-bond acceptors (Lipinski definition) is 4. The van der Waals surface area contributed by atoms with Gasteiger partial charge in [0, 0.05) is 5.75 Å². The molecule has 0 aliphatic rings. The lowest BCUT2D eigenvalue weighted by Gasteiger charge is -2.25. The Labute approximate surface area is 126 Å². The highest BCUT2D eigenvalue weighted by Crippen LogP contribution is 2.20. The molecule has 0 saturated carbocycles. The van der Waals surface area contributed by atoms with Crippen molar-refractivity contribution in [3.8, 4) is 0 Å². The van der Waals surface area contributed by atoms with Crippen molar-refractivity contribution in [2.45, 2.75) is 38.5 Å². The summed E-state index contributed by atoms with van der Waals surface area (Å²) in [5.41, 5.74) is 3.35. The van der Waals surface area contributed by atoms with Crippen molar-refractivity contribution < 1.29 is 9.53 Å². The van der Waals surface area contributed by atoms with Gasteiger partial charge in [-0.25, -0.2) is 0 Å². The fraction of sp³-hybridized carbons (Fsp3) is 0.562. The fourth-order valence-electron chi connectivity index (χ4n) is 2.17. The Morgan fingerprint density at radius 3 is 2.40 bits per heavy atom. The minimum Gasteiger partial charge on any atom is -0.468 e. The van der Waals surface area contributed by atoms with E-state index in [1.807, 2.05) is 18.7 Å². The maximum Gasteiger partial charge on any atom is 0.325 e. The summed E-state index contributed by atoms with van der Waals surface area (Å²) in [6.45, 7) is 6.13. The molecule has 0 fully saturated rings. The predicted octanol–water partition coefficient (Wildman–Crippen LogP) is 3.08. The van der Waals surface area contributed by atoms with E-state index < -0.39 is 5.54 Å². The first kappa shape index (κ1) is 17.1. The van der Waals surface area contributed by atoms with Gasteiger partial charge in [0.25, 0.3) is 0 Å². The molecule has 1 rings (SSSR count). The van der Waals surface area contributed by atoms with Gasteiger partial charge < -0.3 is 10.1 Å². The van der Waals surface area contributed by atoms with Gasteiger partial charge in [-0.1, -0.05) is 29.3 Å². The van der Waals surface area contributed by atoms with Gasteiger partial charge in [0.05, 0.1) is 7.11 Å². The van der Waals surface area contributed by atoms with Crippen LogP contribution in [-0.4, -0.2) is 31.4 Å². The number of hydrogen-bond donors (Lipinski definition) is 1. The van der Waals surface area contributed by atoms with Gasteiger partial charge in [-0.05, 0) is 45.6 Å². The molecule has 3 nitrogen and oxygen atoms in total. The number of ether oxygens (including phenoxy) is 1. The molecule has 112 valence electrons. The molecule has 0 heterocycles. The smallest absolute Gasteiger partial charge is 0.325 e. The van der Waals surface area contributed by atoms with Crippen LogP contribution in [0.5, 0.6) is 0 Å². The molecule has 0 amide bonds. The first-order valence-corrected chi connectivity index (χ1v) is 7.99. The van der Waals surface area contributed by atoms with Gasteiger partial charge >= 0.3 is 5.97 Å². The Kier molecular flexibility index (Phi) is 6.56. The van der Waals surface area contributed by atoms with E-state index in [2.05, 4.69) is 37.4 Å². The monoisotopic (exact) mass is 295 g/mol. The Balaban J connectivity index is 2.46. The van der Waals surface area contributed by atoms with E-state index >= 15 is 0 Å². The number of rotatable bonds is 7. The minimum atomic E-state index is -0.593. The number of thioether (sulfide) groups is 1. The maximum absolute atomic E-state index is 11.7. The SMILES string of the molecule is CNC(C)(CCSCc1cc(C)cc(C)c1)C(=O)OC. The zero-order valence-corrected chi connectivity index (χ0v) is 13.9. The van der Waals surface area contributed by atoms with Crippen molar-refractivity contribution >= 4 is 17.7 Å². The molecule has 0 saturated heterocycles. The molecule has 1 aromatic carbocycles. The lowest BCUT2D eigenvalue weighted by Crippen LogP contribution is -2.48. The normalized spacial score (nSPS) is 13.8. The van der Waals surface area contributed by atoms with Crippen molar-refractivity contribution in [1.29, 1.82) is 0 Å².